The van der Waals surface area contributed by atoms with E-state index in [1.54, 1.807) is 6.20 Å². The van der Waals surface area contributed by atoms with Crippen molar-refractivity contribution in [3.05, 3.63) is 41.7 Å². The third kappa shape index (κ3) is 2.88. The Morgan fingerprint density at radius 3 is 3.25 bits per heavy atom. The van der Waals surface area contributed by atoms with Gasteiger partial charge in [0.05, 0.1) is 6.42 Å². The van der Waals surface area contributed by atoms with E-state index >= 15 is 0 Å². The predicted molar refractivity (Wildman–Crippen MR) is 78.4 cm³/mol. The van der Waals surface area contributed by atoms with Gasteiger partial charge >= 0.3 is 0 Å². The van der Waals surface area contributed by atoms with E-state index in [-0.39, 0.29) is 5.91 Å². The van der Waals surface area contributed by atoms with E-state index in [1.165, 1.54) is 5.57 Å². The quantitative estimate of drug-likeness (QED) is 0.730. The third-order valence-corrected chi connectivity index (χ3v) is 3.56. The van der Waals surface area contributed by atoms with Crippen LogP contribution in [0.2, 0.25) is 0 Å². The first-order valence-electron chi connectivity index (χ1n) is 6.89. The Balaban J connectivity index is 1.60. The molecule has 5 nitrogen and oxygen atoms in total. The van der Waals surface area contributed by atoms with Gasteiger partial charge in [-0.15, -0.1) is 0 Å². The maximum Gasteiger partial charge on any atom is 0.224 e. The van der Waals surface area contributed by atoms with Crippen molar-refractivity contribution in [2.45, 2.75) is 12.8 Å². The number of rotatable bonds is 4. The number of hydrogen-bond donors (Lipinski definition) is 3. The van der Waals surface area contributed by atoms with Crippen LogP contribution in [0.3, 0.4) is 0 Å². The normalized spacial score (nSPS) is 15.1. The van der Waals surface area contributed by atoms with Crippen molar-refractivity contribution in [3.63, 3.8) is 0 Å². The molecule has 2 aromatic heterocycles. The number of nitrogens with zero attached hydrogens (tertiary/aromatic N) is 1. The maximum atomic E-state index is 12.0. The number of H-pyrrole nitrogens is 1. The zero-order chi connectivity index (χ0) is 13.8. The highest BCUT2D eigenvalue weighted by Gasteiger charge is 2.10. The van der Waals surface area contributed by atoms with Crippen molar-refractivity contribution >= 4 is 16.9 Å². The molecule has 104 valence electrons. The molecule has 3 rings (SSSR count). The number of hydrogen-bond acceptors (Lipinski definition) is 3. The zero-order valence-corrected chi connectivity index (χ0v) is 11.3. The summed E-state index contributed by atoms with van der Waals surface area (Å²) in [6.07, 6.45) is 7.15. The topological polar surface area (TPSA) is 69.8 Å². The second-order valence-electron chi connectivity index (χ2n) is 4.98. The van der Waals surface area contributed by atoms with Crippen molar-refractivity contribution in [2.75, 3.05) is 19.6 Å². The lowest BCUT2D eigenvalue weighted by Crippen LogP contribution is -2.30. The summed E-state index contributed by atoms with van der Waals surface area (Å²) in [6.45, 7) is 2.55. The summed E-state index contributed by atoms with van der Waals surface area (Å²) in [5.74, 6) is 0.0502. The van der Waals surface area contributed by atoms with Crippen molar-refractivity contribution in [1.82, 2.24) is 20.6 Å². The van der Waals surface area contributed by atoms with Crippen LogP contribution >= 0.6 is 0 Å². The van der Waals surface area contributed by atoms with Gasteiger partial charge < -0.3 is 15.6 Å². The first-order chi connectivity index (χ1) is 9.83. The smallest absolute Gasteiger partial charge is 0.224 e. The molecule has 0 unspecified atom stereocenters. The van der Waals surface area contributed by atoms with E-state index in [9.17, 15) is 4.79 Å². The van der Waals surface area contributed by atoms with E-state index in [0.29, 0.717) is 13.0 Å². The summed E-state index contributed by atoms with van der Waals surface area (Å²) in [7, 11) is 0. The van der Waals surface area contributed by atoms with Crippen LogP contribution in [0.15, 0.2) is 36.2 Å². The van der Waals surface area contributed by atoms with Crippen LogP contribution in [0.25, 0.3) is 11.0 Å². The van der Waals surface area contributed by atoms with E-state index < -0.39 is 0 Å². The average molecular weight is 270 g/mol. The minimum Gasteiger partial charge on any atom is -0.352 e. The van der Waals surface area contributed by atoms with Gasteiger partial charge in [-0.2, -0.15) is 0 Å². The van der Waals surface area contributed by atoms with Gasteiger partial charge in [0, 0.05) is 30.9 Å². The van der Waals surface area contributed by atoms with Gasteiger partial charge in [0.2, 0.25) is 5.91 Å². The van der Waals surface area contributed by atoms with E-state index in [4.69, 9.17) is 0 Å². The largest absolute Gasteiger partial charge is 0.352 e. The second kappa shape index (κ2) is 5.88. The van der Waals surface area contributed by atoms with Crippen molar-refractivity contribution in [3.8, 4) is 0 Å². The van der Waals surface area contributed by atoms with Gasteiger partial charge in [-0.3, -0.25) is 4.79 Å². The lowest BCUT2D eigenvalue weighted by atomic mass is 10.1. The van der Waals surface area contributed by atoms with E-state index in [0.717, 1.165) is 36.1 Å². The molecule has 0 aromatic carbocycles. The summed E-state index contributed by atoms with van der Waals surface area (Å²) in [6, 6.07) is 3.87. The molecule has 0 aliphatic carbocycles. The minimum atomic E-state index is 0.0502. The molecule has 0 radical (unpaired) electrons. The molecule has 0 saturated carbocycles. The summed E-state index contributed by atoms with van der Waals surface area (Å²) in [5.41, 5.74) is 3.12. The van der Waals surface area contributed by atoms with Crippen molar-refractivity contribution < 1.29 is 4.79 Å². The Labute approximate surface area is 117 Å². The van der Waals surface area contributed by atoms with Gasteiger partial charge in [-0.1, -0.05) is 11.6 Å². The zero-order valence-electron chi connectivity index (χ0n) is 11.3. The number of carbonyl (C=O) groups excluding carboxylic acids is 1. The number of amides is 1. The summed E-state index contributed by atoms with van der Waals surface area (Å²) < 4.78 is 0. The monoisotopic (exact) mass is 270 g/mol. The van der Waals surface area contributed by atoms with Crippen LogP contribution in [0.4, 0.5) is 0 Å². The van der Waals surface area contributed by atoms with Gasteiger partial charge in [0.1, 0.15) is 5.65 Å². The minimum absolute atomic E-state index is 0.0502. The molecule has 1 amide bonds. The number of aromatic nitrogens is 2. The molecular weight excluding hydrogens is 252 g/mol. The summed E-state index contributed by atoms with van der Waals surface area (Å²) >= 11 is 0. The number of pyridine rings is 1. The molecule has 3 N–H and O–H groups in total. The number of fused-ring (bicyclic) bond motifs is 1. The standard InChI is InChI=1S/C15H18N4O/c20-14(18-9-11-3-6-16-7-4-11)8-12-10-19-15-13(12)2-1-5-17-15/h1-3,5,10,16H,4,6-9H2,(H,17,19)(H,18,20). The van der Waals surface area contributed by atoms with Crippen LogP contribution in [-0.2, 0) is 11.2 Å². The maximum absolute atomic E-state index is 12.0. The number of nitrogens with one attached hydrogen (secondary N) is 3. The fraction of sp³-hybridized carbons (Fsp3) is 0.333. The highest BCUT2D eigenvalue weighted by atomic mass is 16.1. The second-order valence-corrected chi connectivity index (χ2v) is 4.98. The third-order valence-electron chi connectivity index (χ3n) is 3.56. The van der Waals surface area contributed by atoms with Crippen LogP contribution in [0.1, 0.15) is 12.0 Å². The van der Waals surface area contributed by atoms with Gasteiger partial charge in [-0.25, -0.2) is 4.98 Å². The Hall–Kier alpha value is -2.14. The Bertz CT molecular complexity index is 644. The average Bonchev–Trinajstić information content (AvgIpc) is 2.90. The molecule has 0 bridgehead atoms. The molecule has 5 heteroatoms. The highest BCUT2D eigenvalue weighted by Crippen LogP contribution is 2.15. The van der Waals surface area contributed by atoms with Crippen LogP contribution in [0.5, 0.6) is 0 Å². The first-order valence-corrected chi connectivity index (χ1v) is 6.89. The molecule has 2 aromatic rings. The Morgan fingerprint density at radius 2 is 2.40 bits per heavy atom. The van der Waals surface area contributed by atoms with Gasteiger partial charge in [0.25, 0.3) is 0 Å². The van der Waals surface area contributed by atoms with E-state index in [1.807, 2.05) is 18.3 Å². The molecule has 1 aliphatic rings. The molecule has 3 heterocycles. The number of aromatic amines is 1. The summed E-state index contributed by atoms with van der Waals surface area (Å²) in [4.78, 5) is 19.3. The molecule has 0 saturated heterocycles. The number of carbonyl (C=O) groups is 1. The first kappa shape index (κ1) is 12.9. The Kier molecular flexibility index (Phi) is 3.78. The molecule has 1 aliphatic heterocycles. The molecular formula is C15H18N4O. The molecule has 0 spiro atoms. The molecule has 0 atom stereocenters. The van der Waals surface area contributed by atoms with Gasteiger partial charge in [-0.05, 0) is 30.7 Å². The fourth-order valence-electron chi connectivity index (χ4n) is 2.44. The molecule has 20 heavy (non-hydrogen) atoms. The lowest BCUT2D eigenvalue weighted by Gasteiger charge is -2.14. The van der Waals surface area contributed by atoms with Crippen LogP contribution in [-0.4, -0.2) is 35.5 Å². The Morgan fingerprint density at radius 1 is 1.45 bits per heavy atom. The van der Waals surface area contributed by atoms with Crippen molar-refractivity contribution in [1.29, 1.82) is 0 Å². The van der Waals surface area contributed by atoms with Gasteiger partial charge in [0.15, 0.2) is 0 Å². The predicted octanol–water partition coefficient (Wildman–Crippen LogP) is 1.14. The summed E-state index contributed by atoms with van der Waals surface area (Å²) in [5, 5.41) is 7.26. The lowest BCUT2D eigenvalue weighted by molar-refractivity contribution is -0.120. The SMILES string of the molecule is O=C(Cc1c[nH]c2ncccc12)NCC1=CCNCC1. The molecule has 0 fully saturated rings. The highest BCUT2D eigenvalue weighted by molar-refractivity contribution is 5.87. The fourth-order valence-corrected chi connectivity index (χ4v) is 2.44. The van der Waals surface area contributed by atoms with E-state index in [2.05, 4.69) is 26.7 Å². The van der Waals surface area contributed by atoms with Crippen LogP contribution < -0.4 is 10.6 Å². The van der Waals surface area contributed by atoms with Crippen molar-refractivity contribution in [2.24, 2.45) is 0 Å². The van der Waals surface area contributed by atoms with Crippen LogP contribution in [0, 0.1) is 0 Å².